The predicted molar refractivity (Wildman–Crippen MR) is 191 cm³/mol. The quantitative estimate of drug-likeness (QED) is 0.0927. The van der Waals surface area contributed by atoms with Gasteiger partial charge in [0.05, 0.1) is 12.6 Å². The van der Waals surface area contributed by atoms with E-state index < -0.39 is 53.8 Å². The summed E-state index contributed by atoms with van der Waals surface area (Å²) in [7, 11) is 0. The van der Waals surface area contributed by atoms with Crippen molar-refractivity contribution in [2.24, 2.45) is 17.8 Å². The zero-order chi connectivity index (χ0) is 37.2. The molecule has 0 unspecified atom stereocenters. The van der Waals surface area contributed by atoms with Crippen LogP contribution in [0.2, 0.25) is 0 Å². The molecule has 0 fully saturated rings. The SMILES string of the molecule is CCCCCC/C=C\CC(=O)N[C@@H](Cc1ccc(O)cc1)C(=O)N[C@H](C(=O)C[C@@H]1/C=C/C(=O)N[C@@H](C(C)C)C(=O)N[C@@H](C)C(=O)OC1)C(C)C. The first-order valence-corrected chi connectivity index (χ1v) is 17.7. The van der Waals surface area contributed by atoms with Crippen LogP contribution in [0.4, 0.5) is 0 Å². The van der Waals surface area contributed by atoms with Crippen molar-refractivity contribution in [1.82, 2.24) is 21.3 Å². The van der Waals surface area contributed by atoms with Crippen LogP contribution in [0, 0.1) is 17.8 Å². The van der Waals surface area contributed by atoms with Crippen LogP contribution in [0.1, 0.15) is 92.1 Å². The van der Waals surface area contributed by atoms with Crippen LogP contribution >= 0.6 is 0 Å². The topological polar surface area (TPSA) is 180 Å². The average Bonchev–Trinajstić information content (AvgIpc) is 3.06. The number of benzene rings is 1. The van der Waals surface area contributed by atoms with E-state index in [1.807, 2.05) is 6.08 Å². The number of esters is 1. The Labute approximate surface area is 296 Å². The van der Waals surface area contributed by atoms with Crippen molar-refractivity contribution in [1.29, 1.82) is 0 Å². The molecule has 276 valence electrons. The first-order valence-electron chi connectivity index (χ1n) is 17.7. The van der Waals surface area contributed by atoms with Crippen LogP contribution < -0.4 is 21.3 Å². The lowest BCUT2D eigenvalue weighted by atomic mass is 9.92. The van der Waals surface area contributed by atoms with Crippen LogP contribution in [0.25, 0.3) is 0 Å². The summed E-state index contributed by atoms with van der Waals surface area (Å²) in [5, 5.41) is 20.6. The second kappa shape index (κ2) is 21.6. The Bertz CT molecular complexity index is 1350. The van der Waals surface area contributed by atoms with E-state index in [4.69, 9.17) is 4.74 Å². The molecule has 1 aliphatic heterocycles. The molecular weight excluding hydrogens is 640 g/mol. The number of phenolic OH excluding ortho intramolecular Hbond substituents is 1. The number of rotatable bonds is 17. The Morgan fingerprint density at radius 3 is 2.32 bits per heavy atom. The summed E-state index contributed by atoms with van der Waals surface area (Å²) < 4.78 is 5.42. The number of aromatic hydroxyl groups is 1. The molecule has 12 heteroatoms. The number of amides is 4. The van der Waals surface area contributed by atoms with Crippen molar-refractivity contribution in [2.45, 2.75) is 117 Å². The molecule has 2 rings (SSSR count). The van der Waals surface area contributed by atoms with Gasteiger partial charge in [-0.15, -0.1) is 0 Å². The second-order valence-electron chi connectivity index (χ2n) is 13.6. The third-order valence-electron chi connectivity index (χ3n) is 8.42. The van der Waals surface area contributed by atoms with Gasteiger partial charge in [-0.2, -0.15) is 0 Å². The third-order valence-corrected chi connectivity index (χ3v) is 8.42. The number of cyclic esters (lactones) is 1. The number of unbranched alkanes of at least 4 members (excludes halogenated alkanes) is 4. The summed E-state index contributed by atoms with van der Waals surface area (Å²) in [6, 6.07) is 2.49. The van der Waals surface area contributed by atoms with Gasteiger partial charge < -0.3 is 31.1 Å². The monoisotopic (exact) mass is 696 g/mol. The predicted octanol–water partition coefficient (Wildman–Crippen LogP) is 3.81. The largest absolute Gasteiger partial charge is 0.508 e. The summed E-state index contributed by atoms with van der Waals surface area (Å²) in [6.45, 7) is 10.5. The maximum Gasteiger partial charge on any atom is 0.328 e. The fourth-order valence-electron chi connectivity index (χ4n) is 5.40. The molecule has 0 spiro atoms. The molecule has 0 bridgehead atoms. The van der Waals surface area contributed by atoms with E-state index in [9.17, 15) is 33.9 Å². The Morgan fingerprint density at radius 2 is 1.68 bits per heavy atom. The summed E-state index contributed by atoms with van der Waals surface area (Å²) in [4.78, 5) is 78.4. The van der Waals surface area contributed by atoms with Crippen molar-refractivity contribution in [3.05, 3.63) is 54.1 Å². The number of nitrogens with one attached hydrogen (secondary N) is 4. The Kier molecular flexibility index (Phi) is 18.0. The van der Waals surface area contributed by atoms with Gasteiger partial charge in [-0.25, -0.2) is 4.79 Å². The molecule has 1 aromatic carbocycles. The molecule has 0 saturated carbocycles. The minimum Gasteiger partial charge on any atom is -0.508 e. The number of phenols is 1. The first-order chi connectivity index (χ1) is 23.7. The lowest BCUT2D eigenvalue weighted by molar-refractivity contribution is -0.149. The number of hydrogen-bond donors (Lipinski definition) is 5. The van der Waals surface area contributed by atoms with Gasteiger partial charge in [0.2, 0.25) is 23.6 Å². The van der Waals surface area contributed by atoms with E-state index in [1.54, 1.807) is 45.9 Å². The number of ketones is 1. The van der Waals surface area contributed by atoms with Crippen LogP contribution in [0.3, 0.4) is 0 Å². The number of carbonyl (C=O) groups is 6. The van der Waals surface area contributed by atoms with E-state index >= 15 is 0 Å². The number of Topliss-reactive ketones (excluding diaryl/α,β-unsaturated/α-hetero) is 1. The molecule has 1 aliphatic rings. The van der Waals surface area contributed by atoms with Crippen molar-refractivity contribution in [3.8, 4) is 5.75 Å². The van der Waals surface area contributed by atoms with Crippen LogP contribution in [-0.4, -0.2) is 71.3 Å². The van der Waals surface area contributed by atoms with Gasteiger partial charge in [0.25, 0.3) is 0 Å². The number of ether oxygens (including phenoxy) is 1. The second-order valence-corrected chi connectivity index (χ2v) is 13.6. The van der Waals surface area contributed by atoms with Gasteiger partial charge in [-0.1, -0.05) is 84.2 Å². The van der Waals surface area contributed by atoms with E-state index in [1.165, 1.54) is 37.6 Å². The van der Waals surface area contributed by atoms with Gasteiger partial charge in [0.1, 0.15) is 23.9 Å². The Balaban J connectivity index is 2.20. The molecule has 4 amide bonds. The molecule has 0 aromatic heterocycles. The molecule has 5 N–H and O–H groups in total. The zero-order valence-corrected chi connectivity index (χ0v) is 30.3. The Morgan fingerprint density at radius 1 is 0.980 bits per heavy atom. The molecule has 1 heterocycles. The minimum atomic E-state index is -1.00. The van der Waals surface area contributed by atoms with Crippen molar-refractivity contribution < 1.29 is 38.6 Å². The highest BCUT2D eigenvalue weighted by atomic mass is 16.5. The van der Waals surface area contributed by atoms with Gasteiger partial charge >= 0.3 is 5.97 Å². The molecular formula is C38H56N4O8. The smallest absolute Gasteiger partial charge is 0.328 e. The number of allylic oxidation sites excluding steroid dienone is 1. The highest BCUT2D eigenvalue weighted by Gasteiger charge is 2.32. The fraction of sp³-hybridized carbons (Fsp3) is 0.579. The fourth-order valence-corrected chi connectivity index (χ4v) is 5.40. The summed E-state index contributed by atoms with van der Waals surface area (Å²) in [6.07, 6.45) is 11.9. The maximum atomic E-state index is 13.7. The standard InChI is InChI=1S/C38H56N4O8/c1-7-8-9-10-11-12-13-14-32(45)40-30(21-27-15-18-29(43)19-16-27)36(47)42-34(24(2)3)31(44)22-28-17-20-33(46)41-35(25(4)5)37(48)39-26(6)38(49)50-23-28/h12-13,15-20,24-26,28,30,34-35,43H,7-11,14,21-23H2,1-6H3,(H,39,48)(H,40,45)(H,41,46)(H,42,47)/b13-12-,20-17+/t26-,28-,30-,34-,35-/m0/s1. The highest BCUT2D eigenvalue weighted by Crippen LogP contribution is 2.16. The zero-order valence-electron chi connectivity index (χ0n) is 30.3. The maximum absolute atomic E-state index is 13.7. The molecule has 1 aromatic rings. The normalized spacial score (nSPS) is 20.6. The lowest BCUT2D eigenvalue weighted by Gasteiger charge is -2.27. The van der Waals surface area contributed by atoms with Gasteiger partial charge in [0, 0.05) is 25.2 Å². The van der Waals surface area contributed by atoms with Crippen LogP contribution in [0.5, 0.6) is 5.75 Å². The third kappa shape index (κ3) is 15.0. The number of carbonyl (C=O) groups excluding carboxylic acids is 6. The molecule has 0 saturated heterocycles. The minimum absolute atomic E-state index is 0.0659. The average molecular weight is 697 g/mol. The molecule has 5 atom stereocenters. The van der Waals surface area contributed by atoms with Crippen molar-refractivity contribution in [2.75, 3.05) is 6.61 Å². The summed E-state index contributed by atoms with van der Waals surface area (Å²) in [5.41, 5.74) is 0.700. The van der Waals surface area contributed by atoms with Gasteiger partial charge in [-0.3, -0.25) is 24.0 Å². The molecule has 12 nitrogen and oxygen atoms in total. The first kappa shape index (κ1) is 41.7. The summed E-state index contributed by atoms with van der Waals surface area (Å²) in [5.74, 6) is -4.21. The number of hydrogen-bond acceptors (Lipinski definition) is 8. The highest BCUT2D eigenvalue weighted by molar-refractivity contribution is 5.95. The molecule has 50 heavy (non-hydrogen) atoms. The van der Waals surface area contributed by atoms with Gasteiger partial charge in [-0.05, 0) is 55.4 Å². The van der Waals surface area contributed by atoms with Gasteiger partial charge in [0.15, 0.2) is 5.78 Å². The van der Waals surface area contributed by atoms with Crippen LogP contribution in [0.15, 0.2) is 48.6 Å². The van der Waals surface area contributed by atoms with Crippen molar-refractivity contribution >= 4 is 35.4 Å². The van der Waals surface area contributed by atoms with E-state index in [0.29, 0.717) is 5.56 Å². The van der Waals surface area contributed by atoms with E-state index in [0.717, 1.165) is 25.7 Å². The van der Waals surface area contributed by atoms with Crippen molar-refractivity contribution in [3.63, 3.8) is 0 Å². The molecule has 0 aliphatic carbocycles. The van der Waals surface area contributed by atoms with E-state index in [2.05, 4.69) is 28.2 Å². The lowest BCUT2D eigenvalue weighted by Crippen LogP contribution is -2.54. The summed E-state index contributed by atoms with van der Waals surface area (Å²) >= 11 is 0. The van der Waals surface area contributed by atoms with E-state index in [-0.39, 0.29) is 55.1 Å². The Hall–Kier alpha value is -4.48. The molecule has 0 radical (unpaired) electrons. The van der Waals surface area contributed by atoms with Crippen LogP contribution in [-0.2, 0) is 39.9 Å².